The number of nitrogens with zero attached hydrogens (tertiary/aromatic N) is 1. The van der Waals surface area contributed by atoms with E-state index in [0.717, 1.165) is 4.48 Å². The fourth-order valence-corrected chi connectivity index (χ4v) is 0.449. The molecule has 0 aromatic carbocycles. The molecule has 1 atom stereocenters. The number of ether oxygens (including phenoxy) is 2. The molecule has 2 N–H and O–H groups in total. The van der Waals surface area contributed by atoms with Crippen LogP contribution in [0.5, 0.6) is 0 Å². The number of hydrogen-bond acceptors (Lipinski definition) is 6. The Bertz CT molecular complexity index is 217. The third-order valence-electron chi connectivity index (χ3n) is 0.970. The SMILES string of the molecule is COC(=O)C(C)OC(=O)CO.C[N+](C)(C)C.[OH-]. The van der Waals surface area contributed by atoms with Crippen LogP contribution in [0.1, 0.15) is 6.92 Å². The number of aliphatic hydroxyl groups is 1. The zero-order valence-corrected chi connectivity index (χ0v) is 11.3. The first kappa shape index (κ1) is 21.1. The molecule has 104 valence electrons. The van der Waals surface area contributed by atoms with Gasteiger partial charge < -0.3 is 24.5 Å². The lowest BCUT2D eigenvalue weighted by Gasteiger charge is -2.14. The van der Waals surface area contributed by atoms with Crippen molar-refractivity contribution in [1.29, 1.82) is 0 Å². The molecule has 0 rings (SSSR count). The van der Waals surface area contributed by atoms with Crippen LogP contribution >= 0.6 is 0 Å². The van der Waals surface area contributed by atoms with Gasteiger partial charge in [0.25, 0.3) is 0 Å². The summed E-state index contributed by atoms with van der Waals surface area (Å²) in [6.45, 7) is 0.626. The van der Waals surface area contributed by atoms with Crippen molar-refractivity contribution in [2.24, 2.45) is 0 Å². The molecular formula is C10H23NO6. The third-order valence-corrected chi connectivity index (χ3v) is 0.970. The van der Waals surface area contributed by atoms with Crippen molar-refractivity contribution >= 4 is 11.9 Å². The molecule has 7 nitrogen and oxygen atoms in total. The van der Waals surface area contributed by atoms with Crippen molar-refractivity contribution in [2.75, 3.05) is 41.9 Å². The number of hydrogen-bond donors (Lipinski definition) is 1. The van der Waals surface area contributed by atoms with Crippen LogP contribution in [0.4, 0.5) is 0 Å². The fraction of sp³-hybridized carbons (Fsp3) is 0.800. The summed E-state index contributed by atoms with van der Waals surface area (Å²) in [4.78, 5) is 20.9. The van der Waals surface area contributed by atoms with Gasteiger partial charge in [0.05, 0.1) is 35.3 Å². The summed E-state index contributed by atoms with van der Waals surface area (Å²) in [5.41, 5.74) is 0. The summed E-state index contributed by atoms with van der Waals surface area (Å²) < 4.78 is 9.65. The van der Waals surface area contributed by atoms with E-state index in [1.807, 2.05) is 0 Å². The predicted octanol–water partition coefficient (Wildman–Crippen LogP) is -0.771. The number of aliphatic hydroxyl groups excluding tert-OH is 1. The Morgan fingerprint density at radius 1 is 1.24 bits per heavy atom. The van der Waals surface area contributed by atoms with Crippen LogP contribution in [0.2, 0.25) is 0 Å². The van der Waals surface area contributed by atoms with Crippen molar-refractivity contribution in [3.63, 3.8) is 0 Å². The Morgan fingerprint density at radius 2 is 1.59 bits per heavy atom. The first-order chi connectivity index (χ1) is 7.11. The van der Waals surface area contributed by atoms with E-state index >= 15 is 0 Å². The second-order valence-electron chi connectivity index (χ2n) is 4.50. The maximum absolute atomic E-state index is 10.6. The second-order valence-corrected chi connectivity index (χ2v) is 4.50. The maximum atomic E-state index is 10.6. The van der Waals surface area contributed by atoms with Gasteiger partial charge >= 0.3 is 11.9 Å². The number of esters is 2. The van der Waals surface area contributed by atoms with E-state index in [1.54, 1.807) is 0 Å². The van der Waals surface area contributed by atoms with Gasteiger partial charge in [0, 0.05) is 0 Å². The van der Waals surface area contributed by atoms with E-state index in [4.69, 9.17) is 5.11 Å². The van der Waals surface area contributed by atoms with Crippen LogP contribution < -0.4 is 0 Å². The van der Waals surface area contributed by atoms with E-state index in [-0.39, 0.29) is 5.48 Å². The molecule has 0 aromatic heterocycles. The minimum Gasteiger partial charge on any atom is -0.870 e. The molecular weight excluding hydrogens is 230 g/mol. The summed E-state index contributed by atoms with van der Waals surface area (Å²) >= 11 is 0. The Hall–Kier alpha value is -1.18. The molecule has 0 saturated carbocycles. The average Bonchev–Trinajstić information content (AvgIpc) is 2.13. The smallest absolute Gasteiger partial charge is 0.346 e. The number of methoxy groups -OCH3 is 1. The molecule has 0 aliphatic heterocycles. The fourth-order valence-electron chi connectivity index (χ4n) is 0.449. The van der Waals surface area contributed by atoms with Crippen molar-refractivity contribution in [2.45, 2.75) is 13.0 Å². The second kappa shape index (κ2) is 10.0. The first-order valence-corrected chi connectivity index (χ1v) is 4.79. The van der Waals surface area contributed by atoms with Crippen molar-refractivity contribution in [3.05, 3.63) is 0 Å². The highest BCUT2D eigenvalue weighted by molar-refractivity contribution is 5.79. The van der Waals surface area contributed by atoms with Gasteiger partial charge in [-0.1, -0.05) is 0 Å². The van der Waals surface area contributed by atoms with Crippen LogP contribution in [0.25, 0.3) is 0 Å². The summed E-state index contributed by atoms with van der Waals surface area (Å²) in [5.74, 6) is -1.49. The molecule has 0 saturated heterocycles. The van der Waals surface area contributed by atoms with Crippen LogP contribution in [-0.4, -0.2) is 75.0 Å². The molecule has 0 aliphatic carbocycles. The molecule has 0 bridgehead atoms. The predicted molar refractivity (Wildman–Crippen MR) is 60.5 cm³/mol. The molecule has 0 radical (unpaired) electrons. The summed E-state index contributed by atoms with van der Waals surface area (Å²) in [5, 5.41) is 8.21. The highest BCUT2D eigenvalue weighted by atomic mass is 16.6. The summed E-state index contributed by atoms with van der Waals surface area (Å²) in [7, 11) is 9.69. The Kier molecular flexibility index (Phi) is 12.4. The number of rotatable bonds is 3. The molecule has 17 heavy (non-hydrogen) atoms. The van der Waals surface area contributed by atoms with Gasteiger partial charge in [0.1, 0.15) is 6.61 Å². The van der Waals surface area contributed by atoms with E-state index in [0.29, 0.717) is 0 Å². The number of quaternary nitrogens is 1. The van der Waals surface area contributed by atoms with E-state index in [9.17, 15) is 9.59 Å². The topological polar surface area (TPSA) is 103 Å². The van der Waals surface area contributed by atoms with E-state index < -0.39 is 24.6 Å². The van der Waals surface area contributed by atoms with Gasteiger partial charge in [-0.3, -0.25) is 0 Å². The van der Waals surface area contributed by atoms with Crippen LogP contribution in [-0.2, 0) is 19.1 Å². The highest BCUT2D eigenvalue weighted by Gasteiger charge is 2.16. The molecule has 0 aliphatic rings. The van der Waals surface area contributed by atoms with E-state index in [2.05, 4.69) is 37.7 Å². The molecule has 7 heteroatoms. The molecule has 1 unspecified atom stereocenters. The molecule has 0 heterocycles. The highest BCUT2D eigenvalue weighted by Crippen LogP contribution is 1.93. The largest absolute Gasteiger partial charge is 0.870 e. The quantitative estimate of drug-likeness (QED) is 0.523. The lowest BCUT2D eigenvalue weighted by atomic mass is 10.4. The molecule has 0 fully saturated rings. The minimum atomic E-state index is -0.959. The lowest BCUT2D eigenvalue weighted by Crippen LogP contribution is -2.27. The monoisotopic (exact) mass is 253 g/mol. The normalized spacial score (nSPS) is 11.2. The van der Waals surface area contributed by atoms with Crippen LogP contribution in [0.15, 0.2) is 0 Å². The Labute approximate surface area is 102 Å². The Morgan fingerprint density at radius 3 is 1.82 bits per heavy atom. The standard InChI is InChI=1S/C6H10O5.C4H12N.H2O/c1-4(6(9)10-2)11-5(8)3-7;1-5(2,3)4;/h4,7H,3H2,1-2H3;1-4H3;1H2/q;+1;/p-1. The van der Waals surface area contributed by atoms with Crippen LogP contribution in [0.3, 0.4) is 0 Å². The lowest BCUT2D eigenvalue weighted by molar-refractivity contribution is -0.849. The summed E-state index contributed by atoms with van der Waals surface area (Å²) in [6.07, 6.45) is -0.959. The molecule has 0 aromatic rings. The van der Waals surface area contributed by atoms with Gasteiger partial charge in [0.2, 0.25) is 0 Å². The van der Waals surface area contributed by atoms with Crippen molar-refractivity contribution in [3.8, 4) is 0 Å². The first-order valence-electron chi connectivity index (χ1n) is 4.79. The molecule has 0 amide bonds. The van der Waals surface area contributed by atoms with Crippen molar-refractivity contribution in [1.82, 2.24) is 0 Å². The van der Waals surface area contributed by atoms with Gasteiger partial charge in [-0.05, 0) is 6.92 Å². The Balaban J connectivity index is -0.000000280. The third kappa shape index (κ3) is 20.8. The van der Waals surface area contributed by atoms with Crippen molar-refractivity contribution < 1.29 is 34.1 Å². The van der Waals surface area contributed by atoms with Gasteiger partial charge in [0.15, 0.2) is 6.10 Å². The number of carbonyl (C=O) groups is 2. The van der Waals surface area contributed by atoms with Gasteiger partial charge in [-0.15, -0.1) is 0 Å². The average molecular weight is 253 g/mol. The zero-order valence-electron chi connectivity index (χ0n) is 11.3. The summed E-state index contributed by atoms with van der Waals surface area (Å²) in [6, 6.07) is 0. The van der Waals surface area contributed by atoms with Gasteiger partial charge in [-0.2, -0.15) is 0 Å². The number of carbonyl (C=O) groups excluding carboxylic acids is 2. The van der Waals surface area contributed by atoms with Gasteiger partial charge in [-0.25, -0.2) is 9.59 Å². The maximum Gasteiger partial charge on any atom is 0.346 e. The molecule has 0 spiro atoms. The van der Waals surface area contributed by atoms with E-state index in [1.165, 1.54) is 14.0 Å². The van der Waals surface area contributed by atoms with Crippen LogP contribution in [0, 0.1) is 0 Å². The zero-order chi connectivity index (χ0) is 13.4. The minimum absolute atomic E-state index is 0.